The summed E-state index contributed by atoms with van der Waals surface area (Å²) >= 11 is 0. The van der Waals surface area contributed by atoms with E-state index >= 15 is 0 Å². The van der Waals surface area contributed by atoms with Crippen LogP contribution in [0.4, 0.5) is 0 Å². The number of hydrogen-bond donors (Lipinski definition) is 2. The quantitative estimate of drug-likeness (QED) is 0.647. The summed E-state index contributed by atoms with van der Waals surface area (Å²) in [6, 6.07) is -0.227. The highest BCUT2D eigenvalue weighted by Gasteiger charge is 2.27. The van der Waals surface area contributed by atoms with Gasteiger partial charge < -0.3 is 20.1 Å². The number of carbonyl (C=O) groups excluding carboxylic acids is 2. The molecule has 0 aliphatic carbocycles. The lowest BCUT2D eigenvalue weighted by Crippen LogP contribution is -2.49. The average molecular weight is 244 g/mol. The van der Waals surface area contributed by atoms with Crippen molar-refractivity contribution in [1.82, 2.24) is 10.6 Å². The predicted octanol–water partition coefficient (Wildman–Crippen LogP) is -0.364. The molecule has 2 amide bonds. The van der Waals surface area contributed by atoms with Gasteiger partial charge in [-0.25, -0.2) is 0 Å². The van der Waals surface area contributed by atoms with Gasteiger partial charge in [-0.05, 0) is 13.3 Å². The van der Waals surface area contributed by atoms with Crippen LogP contribution in [-0.4, -0.2) is 44.9 Å². The fraction of sp³-hybridized carbons (Fsp3) is 0.818. The molecule has 1 aliphatic heterocycles. The molecular weight excluding hydrogens is 224 g/mol. The van der Waals surface area contributed by atoms with Gasteiger partial charge in [-0.3, -0.25) is 9.59 Å². The zero-order valence-corrected chi connectivity index (χ0v) is 10.5. The van der Waals surface area contributed by atoms with Crippen molar-refractivity contribution in [1.29, 1.82) is 0 Å². The third-order valence-corrected chi connectivity index (χ3v) is 2.88. The topological polar surface area (TPSA) is 76.7 Å². The highest BCUT2D eigenvalue weighted by atomic mass is 16.7. The minimum Gasteiger partial charge on any atom is -0.355 e. The summed E-state index contributed by atoms with van der Waals surface area (Å²) in [6.45, 7) is 2.22. The molecule has 1 aliphatic rings. The lowest BCUT2D eigenvalue weighted by Gasteiger charge is -2.26. The van der Waals surface area contributed by atoms with Crippen molar-refractivity contribution in [2.75, 3.05) is 20.8 Å². The summed E-state index contributed by atoms with van der Waals surface area (Å²) in [4.78, 5) is 22.8. The van der Waals surface area contributed by atoms with E-state index in [2.05, 4.69) is 10.6 Å². The van der Waals surface area contributed by atoms with Crippen molar-refractivity contribution in [3.8, 4) is 0 Å². The molecule has 1 saturated heterocycles. The Kier molecular flexibility index (Phi) is 5.37. The number of ether oxygens (including phenoxy) is 2. The van der Waals surface area contributed by atoms with Crippen molar-refractivity contribution in [2.45, 2.75) is 32.1 Å². The fourth-order valence-corrected chi connectivity index (χ4v) is 1.87. The molecule has 0 spiro atoms. The van der Waals surface area contributed by atoms with E-state index in [4.69, 9.17) is 9.47 Å². The summed E-state index contributed by atoms with van der Waals surface area (Å²) < 4.78 is 10.1. The molecule has 2 atom stereocenters. The smallest absolute Gasteiger partial charge is 0.225 e. The van der Waals surface area contributed by atoms with Crippen LogP contribution in [-0.2, 0) is 19.1 Å². The number of amides is 2. The van der Waals surface area contributed by atoms with Gasteiger partial charge in [0.2, 0.25) is 11.8 Å². The summed E-state index contributed by atoms with van der Waals surface area (Å²) in [7, 11) is 3.05. The Morgan fingerprint density at radius 1 is 1.47 bits per heavy atom. The highest BCUT2D eigenvalue weighted by molar-refractivity contribution is 5.83. The van der Waals surface area contributed by atoms with Crippen molar-refractivity contribution in [3.63, 3.8) is 0 Å². The third kappa shape index (κ3) is 3.98. The first-order valence-electron chi connectivity index (χ1n) is 5.71. The van der Waals surface area contributed by atoms with Gasteiger partial charge in [0, 0.05) is 27.2 Å². The van der Waals surface area contributed by atoms with Gasteiger partial charge in [0.05, 0.1) is 12.0 Å². The standard InChI is InChI=1S/C11H20N2O4/c1-7(11(16-2)17-3)13-10(15)8-4-5-9(14)12-6-8/h7-8,11H,4-6H2,1-3H3,(H,12,14)(H,13,15). The third-order valence-electron chi connectivity index (χ3n) is 2.88. The molecule has 2 N–H and O–H groups in total. The van der Waals surface area contributed by atoms with Gasteiger partial charge in [0.15, 0.2) is 6.29 Å². The Balaban J connectivity index is 2.40. The maximum absolute atomic E-state index is 11.9. The highest BCUT2D eigenvalue weighted by Crippen LogP contribution is 2.11. The Morgan fingerprint density at radius 3 is 2.59 bits per heavy atom. The SMILES string of the molecule is COC(OC)C(C)NC(=O)C1CCC(=O)NC1. The van der Waals surface area contributed by atoms with E-state index in [1.54, 1.807) is 0 Å². The van der Waals surface area contributed by atoms with E-state index < -0.39 is 6.29 Å². The summed E-state index contributed by atoms with van der Waals surface area (Å²) in [6.07, 6.45) is 0.538. The van der Waals surface area contributed by atoms with Crippen LogP contribution >= 0.6 is 0 Å². The van der Waals surface area contributed by atoms with Crippen molar-refractivity contribution < 1.29 is 19.1 Å². The lowest BCUT2D eigenvalue weighted by atomic mass is 9.98. The van der Waals surface area contributed by atoms with E-state index in [1.165, 1.54) is 14.2 Å². The second kappa shape index (κ2) is 6.56. The average Bonchev–Trinajstić information content (AvgIpc) is 2.31. The van der Waals surface area contributed by atoms with Gasteiger partial charge >= 0.3 is 0 Å². The fourth-order valence-electron chi connectivity index (χ4n) is 1.87. The van der Waals surface area contributed by atoms with Gasteiger partial charge in [-0.2, -0.15) is 0 Å². The molecule has 0 saturated carbocycles. The zero-order valence-electron chi connectivity index (χ0n) is 10.5. The molecule has 0 aromatic heterocycles. The first-order valence-corrected chi connectivity index (χ1v) is 5.71. The molecule has 0 aromatic rings. The zero-order chi connectivity index (χ0) is 12.8. The van der Waals surface area contributed by atoms with E-state index in [0.29, 0.717) is 19.4 Å². The van der Waals surface area contributed by atoms with Gasteiger partial charge in [-0.1, -0.05) is 0 Å². The van der Waals surface area contributed by atoms with E-state index in [-0.39, 0.29) is 23.8 Å². The van der Waals surface area contributed by atoms with Crippen molar-refractivity contribution in [3.05, 3.63) is 0 Å². The Hall–Kier alpha value is -1.14. The van der Waals surface area contributed by atoms with Crippen LogP contribution in [0.25, 0.3) is 0 Å². The number of nitrogens with one attached hydrogen (secondary N) is 2. The maximum Gasteiger partial charge on any atom is 0.225 e. The molecule has 2 unspecified atom stereocenters. The van der Waals surface area contributed by atoms with Crippen LogP contribution in [0.5, 0.6) is 0 Å². The Bertz CT molecular complexity index is 269. The Labute approximate surface area is 101 Å². The molecule has 1 heterocycles. The summed E-state index contributed by atoms with van der Waals surface area (Å²) in [5.74, 6) is -0.227. The second-order valence-electron chi connectivity index (χ2n) is 4.18. The molecule has 1 rings (SSSR count). The molecule has 1 fully saturated rings. The first-order chi connectivity index (χ1) is 8.08. The van der Waals surface area contributed by atoms with E-state index in [1.807, 2.05) is 6.92 Å². The van der Waals surface area contributed by atoms with Gasteiger partial charge in [0.25, 0.3) is 0 Å². The number of carbonyl (C=O) groups is 2. The summed E-state index contributed by atoms with van der Waals surface area (Å²) in [5.41, 5.74) is 0. The van der Waals surface area contributed by atoms with E-state index in [9.17, 15) is 9.59 Å². The summed E-state index contributed by atoms with van der Waals surface area (Å²) in [5, 5.41) is 5.51. The maximum atomic E-state index is 11.9. The monoisotopic (exact) mass is 244 g/mol. The van der Waals surface area contributed by atoms with Crippen LogP contribution in [0.3, 0.4) is 0 Å². The molecule has 98 valence electrons. The van der Waals surface area contributed by atoms with Crippen LogP contribution in [0, 0.1) is 5.92 Å². The molecule has 6 nitrogen and oxygen atoms in total. The van der Waals surface area contributed by atoms with Crippen LogP contribution in [0.1, 0.15) is 19.8 Å². The molecular formula is C11H20N2O4. The first kappa shape index (κ1) is 13.9. The number of methoxy groups -OCH3 is 2. The minimum absolute atomic E-state index is 0.00811. The molecule has 0 radical (unpaired) electrons. The van der Waals surface area contributed by atoms with Crippen LogP contribution < -0.4 is 10.6 Å². The predicted molar refractivity (Wildman–Crippen MR) is 61.1 cm³/mol. The minimum atomic E-state index is -0.461. The largest absolute Gasteiger partial charge is 0.355 e. The second-order valence-corrected chi connectivity index (χ2v) is 4.18. The van der Waals surface area contributed by atoms with Gasteiger partial charge in [-0.15, -0.1) is 0 Å². The van der Waals surface area contributed by atoms with Crippen LogP contribution in [0.2, 0.25) is 0 Å². The van der Waals surface area contributed by atoms with Crippen molar-refractivity contribution in [2.24, 2.45) is 5.92 Å². The number of hydrogen-bond acceptors (Lipinski definition) is 4. The van der Waals surface area contributed by atoms with Crippen molar-refractivity contribution >= 4 is 11.8 Å². The number of rotatable bonds is 5. The molecule has 17 heavy (non-hydrogen) atoms. The normalized spacial score (nSPS) is 22.1. The van der Waals surface area contributed by atoms with E-state index in [0.717, 1.165) is 0 Å². The Morgan fingerprint density at radius 2 is 2.12 bits per heavy atom. The molecule has 0 bridgehead atoms. The van der Waals surface area contributed by atoms with Gasteiger partial charge in [0.1, 0.15) is 0 Å². The van der Waals surface area contributed by atoms with Crippen LogP contribution in [0.15, 0.2) is 0 Å². The molecule has 0 aromatic carbocycles. The lowest BCUT2D eigenvalue weighted by molar-refractivity contribution is -0.139. The number of piperidine rings is 1. The molecule has 6 heteroatoms.